The van der Waals surface area contributed by atoms with Crippen LogP contribution in [-0.2, 0) is 16.0 Å². The molecule has 2 rings (SSSR count). The standard InChI is InChI=1S/C15H17FO3/c1-19-14(17)7-2-4-10-8-9-11-12(15(10)18)5-3-6-13(11)16/h3,5-6,10H,2,4,7-9H2,1H3/t10-/m0/s1. The number of carbonyl (C=O) groups is 2. The van der Waals surface area contributed by atoms with Gasteiger partial charge in [0.25, 0.3) is 0 Å². The highest BCUT2D eigenvalue weighted by atomic mass is 19.1. The van der Waals surface area contributed by atoms with E-state index in [1.54, 1.807) is 12.1 Å². The summed E-state index contributed by atoms with van der Waals surface area (Å²) in [7, 11) is 1.35. The van der Waals surface area contributed by atoms with Crippen molar-refractivity contribution in [2.24, 2.45) is 5.92 Å². The van der Waals surface area contributed by atoms with Crippen LogP contribution in [0.1, 0.15) is 41.6 Å². The molecule has 0 bridgehead atoms. The second-order valence-electron chi connectivity index (χ2n) is 4.83. The lowest BCUT2D eigenvalue weighted by Crippen LogP contribution is -2.23. The van der Waals surface area contributed by atoms with Crippen molar-refractivity contribution >= 4 is 11.8 Å². The molecule has 0 amide bonds. The molecule has 1 aromatic rings. The second-order valence-corrected chi connectivity index (χ2v) is 4.83. The minimum atomic E-state index is -0.293. The smallest absolute Gasteiger partial charge is 0.305 e. The van der Waals surface area contributed by atoms with Crippen LogP contribution in [0.25, 0.3) is 0 Å². The number of Topliss-reactive ketones (excluding diaryl/α,β-unsaturated/α-hetero) is 1. The zero-order valence-electron chi connectivity index (χ0n) is 10.9. The fourth-order valence-corrected chi connectivity index (χ4v) is 2.58. The lowest BCUT2D eigenvalue weighted by atomic mass is 9.80. The molecule has 1 aliphatic rings. The molecule has 0 radical (unpaired) electrons. The summed E-state index contributed by atoms with van der Waals surface area (Å²) in [4.78, 5) is 23.3. The molecule has 4 heteroatoms. The van der Waals surface area contributed by atoms with Crippen molar-refractivity contribution in [3.05, 3.63) is 35.1 Å². The van der Waals surface area contributed by atoms with Gasteiger partial charge in [-0.1, -0.05) is 12.1 Å². The van der Waals surface area contributed by atoms with Gasteiger partial charge in [0.1, 0.15) is 5.82 Å². The molecule has 0 unspecified atom stereocenters. The van der Waals surface area contributed by atoms with Gasteiger partial charge >= 0.3 is 5.97 Å². The number of rotatable bonds is 4. The minimum Gasteiger partial charge on any atom is -0.469 e. The predicted molar refractivity (Wildman–Crippen MR) is 68.4 cm³/mol. The fourth-order valence-electron chi connectivity index (χ4n) is 2.58. The molecule has 0 fully saturated rings. The van der Waals surface area contributed by atoms with E-state index in [1.807, 2.05) is 0 Å². The summed E-state index contributed by atoms with van der Waals surface area (Å²) in [6, 6.07) is 4.65. The van der Waals surface area contributed by atoms with Gasteiger partial charge in [0, 0.05) is 17.9 Å². The average Bonchev–Trinajstić information content (AvgIpc) is 2.42. The molecule has 1 aliphatic carbocycles. The van der Waals surface area contributed by atoms with Crippen LogP contribution in [0.2, 0.25) is 0 Å². The number of esters is 1. The summed E-state index contributed by atoms with van der Waals surface area (Å²) >= 11 is 0. The number of fused-ring (bicyclic) bond motifs is 1. The van der Waals surface area contributed by atoms with Crippen molar-refractivity contribution in [3.8, 4) is 0 Å². The van der Waals surface area contributed by atoms with Gasteiger partial charge in [-0.15, -0.1) is 0 Å². The van der Waals surface area contributed by atoms with Gasteiger partial charge in [0.05, 0.1) is 7.11 Å². The Bertz CT molecular complexity index is 496. The Morgan fingerprint density at radius 3 is 3.00 bits per heavy atom. The van der Waals surface area contributed by atoms with Crippen LogP contribution in [-0.4, -0.2) is 18.9 Å². The third-order valence-corrected chi connectivity index (χ3v) is 3.66. The molecule has 0 saturated carbocycles. The summed E-state index contributed by atoms with van der Waals surface area (Å²) < 4.78 is 18.1. The van der Waals surface area contributed by atoms with Crippen LogP contribution < -0.4 is 0 Å². The van der Waals surface area contributed by atoms with Crippen molar-refractivity contribution in [1.82, 2.24) is 0 Å². The molecule has 19 heavy (non-hydrogen) atoms. The first-order chi connectivity index (χ1) is 9.13. The number of hydrogen-bond donors (Lipinski definition) is 0. The van der Waals surface area contributed by atoms with E-state index in [4.69, 9.17) is 0 Å². The Morgan fingerprint density at radius 1 is 1.47 bits per heavy atom. The Labute approximate surface area is 111 Å². The van der Waals surface area contributed by atoms with E-state index in [-0.39, 0.29) is 23.5 Å². The Hall–Kier alpha value is -1.71. The summed E-state index contributed by atoms with van der Waals surface area (Å²) in [5.74, 6) is -0.641. The zero-order valence-corrected chi connectivity index (χ0v) is 10.9. The normalized spacial score (nSPS) is 18.0. The first-order valence-corrected chi connectivity index (χ1v) is 6.52. The summed E-state index contributed by atoms with van der Waals surface area (Å²) in [6.07, 6.45) is 2.87. The van der Waals surface area contributed by atoms with Crippen molar-refractivity contribution in [3.63, 3.8) is 0 Å². The van der Waals surface area contributed by atoms with Gasteiger partial charge in [0.2, 0.25) is 0 Å². The Morgan fingerprint density at radius 2 is 2.26 bits per heavy atom. The van der Waals surface area contributed by atoms with Crippen LogP contribution in [0.15, 0.2) is 18.2 Å². The lowest BCUT2D eigenvalue weighted by molar-refractivity contribution is -0.140. The first kappa shape index (κ1) is 13.7. The van der Waals surface area contributed by atoms with Gasteiger partial charge in [-0.25, -0.2) is 4.39 Å². The largest absolute Gasteiger partial charge is 0.469 e. The molecule has 102 valence electrons. The second kappa shape index (κ2) is 5.95. The van der Waals surface area contributed by atoms with Gasteiger partial charge in [-0.05, 0) is 37.3 Å². The van der Waals surface area contributed by atoms with Gasteiger partial charge in [-0.2, -0.15) is 0 Å². The molecular formula is C15H17FO3. The number of benzene rings is 1. The van der Waals surface area contributed by atoms with E-state index in [2.05, 4.69) is 4.74 Å². The van der Waals surface area contributed by atoms with E-state index in [0.29, 0.717) is 43.2 Å². The van der Waals surface area contributed by atoms with E-state index in [1.165, 1.54) is 13.2 Å². The highest BCUT2D eigenvalue weighted by Gasteiger charge is 2.28. The maximum absolute atomic E-state index is 13.6. The molecule has 1 atom stereocenters. The monoisotopic (exact) mass is 264 g/mol. The van der Waals surface area contributed by atoms with Crippen LogP contribution in [0, 0.1) is 11.7 Å². The van der Waals surface area contributed by atoms with Crippen molar-refractivity contribution in [2.45, 2.75) is 32.1 Å². The van der Waals surface area contributed by atoms with Crippen LogP contribution in [0.4, 0.5) is 4.39 Å². The van der Waals surface area contributed by atoms with Crippen molar-refractivity contribution in [2.75, 3.05) is 7.11 Å². The third-order valence-electron chi connectivity index (χ3n) is 3.66. The number of methoxy groups -OCH3 is 1. The number of halogens is 1. The number of ether oxygens (including phenoxy) is 1. The summed E-state index contributed by atoms with van der Waals surface area (Å²) in [5.41, 5.74) is 1.05. The number of hydrogen-bond acceptors (Lipinski definition) is 3. The molecule has 0 N–H and O–H groups in total. The molecule has 0 aromatic heterocycles. The Balaban J connectivity index is 2.00. The Kier molecular flexibility index (Phi) is 4.30. The maximum atomic E-state index is 13.6. The molecule has 1 aromatic carbocycles. The molecule has 0 spiro atoms. The summed E-state index contributed by atoms with van der Waals surface area (Å²) in [5, 5.41) is 0. The van der Waals surface area contributed by atoms with Crippen molar-refractivity contribution < 1.29 is 18.7 Å². The highest BCUT2D eigenvalue weighted by Crippen LogP contribution is 2.30. The lowest BCUT2D eigenvalue weighted by Gasteiger charge is -2.23. The topological polar surface area (TPSA) is 43.4 Å². The van der Waals surface area contributed by atoms with E-state index < -0.39 is 0 Å². The zero-order chi connectivity index (χ0) is 13.8. The predicted octanol–water partition coefficient (Wildman–Crippen LogP) is 2.91. The highest BCUT2D eigenvalue weighted by molar-refractivity contribution is 6.00. The molecule has 3 nitrogen and oxygen atoms in total. The van der Waals surface area contributed by atoms with Crippen LogP contribution in [0.5, 0.6) is 0 Å². The van der Waals surface area contributed by atoms with Crippen LogP contribution in [0.3, 0.4) is 0 Å². The minimum absolute atomic E-state index is 0.00520. The van der Waals surface area contributed by atoms with E-state index >= 15 is 0 Å². The van der Waals surface area contributed by atoms with Gasteiger partial charge in [-0.3, -0.25) is 9.59 Å². The average molecular weight is 264 g/mol. The number of ketones is 1. The quantitative estimate of drug-likeness (QED) is 0.785. The third kappa shape index (κ3) is 3.00. The van der Waals surface area contributed by atoms with Crippen LogP contribution >= 0.6 is 0 Å². The molecule has 0 aliphatic heterocycles. The van der Waals surface area contributed by atoms with Gasteiger partial charge < -0.3 is 4.74 Å². The SMILES string of the molecule is COC(=O)CCC[C@H]1CCc2c(F)cccc2C1=O. The maximum Gasteiger partial charge on any atom is 0.305 e. The molecule has 0 saturated heterocycles. The molecular weight excluding hydrogens is 247 g/mol. The first-order valence-electron chi connectivity index (χ1n) is 6.52. The van der Waals surface area contributed by atoms with Gasteiger partial charge in [0.15, 0.2) is 5.78 Å². The van der Waals surface area contributed by atoms with E-state index in [9.17, 15) is 14.0 Å². The fraction of sp³-hybridized carbons (Fsp3) is 0.467. The molecule has 0 heterocycles. The van der Waals surface area contributed by atoms with E-state index in [0.717, 1.165) is 0 Å². The van der Waals surface area contributed by atoms with Crippen molar-refractivity contribution in [1.29, 1.82) is 0 Å². The number of carbonyl (C=O) groups excluding carboxylic acids is 2. The summed E-state index contributed by atoms with van der Waals surface area (Å²) in [6.45, 7) is 0.